The Balaban J connectivity index is 2.39. The SMILES string of the molecule is CC1(C)C(C(NN)c2cc(Br)ccc2F)C1(C)C. The summed E-state index contributed by atoms with van der Waals surface area (Å²) in [5.41, 5.74) is 3.74. The minimum atomic E-state index is -0.209. The molecule has 0 bridgehead atoms. The number of halogens is 2. The van der Waals surface area contributed by atoms with E-state index in [-0.39, 0.29) is 22.7 Å². The number of benzene rings is 1. The normalized spacial score (nSPS) is 22.8. The van der Waals surface area contributed by atoms with E-state index in [9.17, 15) is 4.39 Å². The van der Waals surface area contributed by atoms with Crippen LogP contribution in [0.25, 0.3) is 0 Å². The molecule has 2 nitrogen and oxygen atoms in total. The monoisotopic (exact) mass is 314 g/mol. The van der Waals surface area contributed by atoms with Gasteiger partial charge >= 0.3 is 0 Å². The molecule has 1 saturated carbocycles. The Morgan fingerprint density at radius 1 is 1.28 bits per heavy atom. The highest BCUT2D eigenvalue weighted by molar-refractivity contribution is 9.10. The Labute approximate surface area is 116 Å². The summed E-state index contributed by atoms with van der Waals surface area (Å²) in [6, 6.07) is 4.83. The van der Waals surface area contributed by atoms with E-state index in [0.29, 0.717) is 11.5 Å². The number of hydrogen-bond donors (Lipinski definition) is 2. The van der Waals surface area contributed by atoms with Gasteiger partial charge in [0, 0.05) is 10.0 Å². The predicted molar refractivity (Wildman–Crippen MR) is 75.2 cm³/mol. The van der Waals surface area contributed by atoms with Gasteiger partial charge in [0.25, 0.3) is 0 Å². The standard InChI is InChI=1S/C14H20BrFN2/c1-13(2)12(14(13,3)4)11(18-17)9-7-8(15)5-6-10(9)16/h5-7,11-12,18H,17H2,1-4H3. The van der Waals surface area contributed by atoms with Gasteiger partial charge in [0.1, 0.15) is 5.82 Å². The zero-order valence-corrected chi connectivity index (χ0v) is 12.8. The Bertz CT molecular complexity index is 457. The quantitative estimate of drug-likeness (QED) is 0.658. The molecule has 18 heavy (non-hydrogen) atoms. The first-order valence-corrected chi connectivity index (χ1v) is 6.94. The molecule has 2 rings (SSSR count). The van der Waals surface area contributed by atoms with Crippen molar-refractivity contribution in [3.8, 4) is 0 Å². The molecule has 0 heterocycles. The molecule has 0 saturated heterocycles. The summed E-state index contributed by atoms with van der Waals surface area (Å²) in [5, 5.41) is 0. The van der Waals surface area contributed by atoms with Crippen molar-refractivity contribution in [1.29, 1.82) is 0 Å². The molecule has 3 N–H and O–H groups in total. The molecule has 4 heteroatoms. The minimum Gasteiger partial charge on any atom is -0.271 e. The van der Waals surface area contributed by atoms with Crippen molar-refractivity contribution in [1.82, 2.24) is 5.43 Å². The van der Waals surface area contributed by atoms with Crippen LogP contribution in [0.4, 0.5) is 4.39 Å². The summed E-state index contributed by atoms with van der Waals surface area (Å²) in [7, 11) is 0. The predicted octanol–water partition coefficient (Wildman–Crippen LogP) is 3.77. The summed E-state index contributed by atoms with van der Waals surface area (Å²) >= 11 is 3.39. The van der Waals surface area contributed by atoms with Crippen LogP contribution in [0, 0.1) is 22.6 Å². The van der Waals surface area contributed by atoms with Crippen LogP contribution in [0.15, 0.2) is 22.7 Å². The average Bonchev–Trinajstić information content (AvgIpc) is 2.67. The highest BCUT2D eigenvalue weighted by Crippen LogP contribution is 2.72. The average molecular weight is 315 g/mol. The first kappa shape index (κ1) is 14.0. The molecule has 1 aliphatic rings. The first-order chi connectivity index (χ1) is 8.23. The van der Waals surface area contributed by atoms with Crippen LogP contribution < -0.4 is 11.3 Å². The maximum Gasteiger partial charge on any atom is 0.128 e. The van der Waals surface area contributed by atoms with Gasteiger partial charge in [-0.15, -0.1) is 0 Å². The Kier molecular flexibility index (Phi) is 3.33. The van der Waals surface area contributed by atoms with Crippen LogP contribution in [0.2, 0.25) is 0 Å². The van der Waals surface area contributed by atoms with Crippen molar-refractivity contribution in [3.05, 3.63) is 34.1 Å². The Morgan fingerprint density at radius 3 is 2.28 bits per heavy atom. The maximum atomic E-state index is 14.0. The van der Waals surface area contributed by atoms with Gasteiger partial charge in [-0.25, -0.2) is 4.39 Å². The molecular weight excluding hydrogens is 295 g/mol. The van der Waals surface area contributed by atoms with Gasteiger partial charge in [-0.3, -0.25) is 11.3 Å². The summed E-state index contributed by atoms with van der Waals surface area (Å²) in [5.74, 6) is 5.78. The van der Waals surface area contributed by atoms with Crippen LogP contribution in [0.3, 0.4) is 0 Å². The Morgan fingerprint density at radius 2 is 1.83 bits per heavy atom. The van der Waals surface area contributed by atoms with E-state index in [0.717, 1.165) is 4.47 Å². The van der Waals surface area contributed by atoms with Gasteiger partial charge in [-0.2, -0.15) is 0 Å². The molecule has 1 fully saturated rings. The van der Waals surface area contributed by atoms with E-state index in [1.807, 2.05) is 6.07 Å². The van der Waals surface area contributed by atoms with Crippen molar-refractivity contribution >= 4 is 15.9 Å². The second-order valence-corrected chi connectivity index (χ2v) is 7.15. The third-order valence-corrected chi connectivity index (χ3v) is 5.43. The van der Waals surface area contributed by atoms with E-state index in [2.05, 4.69) is 49.1 Å². The lowest BCUT2D eigenvalue weighted by Gasteiger charge is -2.19. The molecule has 0 aliphatic heterocycles. The number of nitrogens with one attached hydrogen (secondary N) is 1. The van der Waals surface area contributed by atoms with Crippen LogP contribution in [0.5, 0.6) is 0 Å². The van der Waals surface area contributed by atoms with Crippen molar-refractivity contribution < 1.29 is 4.39 Å². The molecular formula is C14H20BrFN2. The second kappa shape index (κ2) is 4.29. The molecule has 0 spiro atoms. The van der Waals surface area contributed by atoms with Crippen molar-refractivity contribution in [3.63, 3.8) is 0 Å². The molecule has 100 valence electrons. The van der Waals surface area contributed by atoms with Crippen LogP contribution in [-0.4, -0.2) is 0 Å². The largest absolute Gasteiger partial charge is 0.271 e. The Hall–Kier alpha value is -0.450. The van der Waals surface area contributed by atoms with Gasteiger partial charge < -0.3 is 0 Å². The molecule has 0 amide bonds. The first-order valence-electron chi connectivity index (χ1n) is 6.14. The molecule has 0 radical (unpaired) electrons. The van der Waals surface area contributed by atoms with Crippen LogP contribution in [-0.2, 0) is 0 Å². The third-order valence-electron chi connectivity index (χ3n) is 4.94. The molecule has 1 aliphatic carbocycles. The zero-order valence-electron chi connectivity index (χ0n) is 11.2. The minimum absolute atomic E-state index is 0.152. The fourth-order valence-electron chi connectivity index (χ4n) is 3.20. The number of rotatable bonds is 3. The van der Waals surface area contributed by atoms with Crippen LogP contribution in [0.1, 0.15) is 39.3 Å². The van der Waals surface area contributed by atoms with Gasteiger partial charge in [0.05, 0.1) is 6.04 Å². The summed E-state index contributed by atoms with van der Waals surface area (Å²) in [6.07, 6.45) is 0. The van der Waals surface area contributed by atoms with E-state index in [4.69, 9.17) is 5.84 Å². The van der Waals surface area contributed by atoms with Crippen molar-refractivity contribution in [2.45, 2.75) is 33.7 Å². The van der Waals surface area contributed by atoms with Gasteiger partial charge in [0.2, 0.25) is 0 Å². The van der Waals surface area contributed by atoms with Gasteiger partial charge in [-0.05, 0) is 34.9 Å². The topological polar surface area (TPSA) is 38.0 Å². The van der Waals surface area contributed by atoms with E-state index in [1.165, 1.54) is 6.07 Å². The lowest BCUT2D eigenvalue weighted by atomic mass is 9.97. The number of nitrogens with two attached hydrogens (primary N) is 1. The molecule has 1 aromatic carbocycles. The fourth-order valence-corrected chi connectivity index (χ4v) is 3.58. The number of hydrogen-bond acceptors (Lipinski definition) is 2. The van der Waals surface area contributed by atoms with Crippen molar-refractivity contribution in [2.24, 2.45) is 22.6 Å². The molecule has 0 aromatic heterocycles. The summed E-state index contributed by atoms with van der Waals surface area (Å²) < 4.78 is 14.9. The van der Waals surface area contributed by atoms with Crippen molar-refractivity contribution in [2.75, 3.05) is 0 Å². The fraction of sp³-hybridized carbons (Fsp3) is 0.571. The maximum absolute atomic E-state index is 14.0. The van der Waals surface area contributed by atoms with Gasteiger partial charge in [-0.1, -0.05) is 43.6 Å². The third kappa shape index (κ3) is 1.91. The van der Waals surface area contributed by atoms with Gasteiger partial charge in [0.15, 0.2) is 0 Å². The smallest absolute Gasteiger partial charge is 0.128 e. The molecule has 1 unspecified atom stereocenters. The molecule has 1 aromatic rings. The summed E-state index contributed by atoms with van der Waals surface area (Å²) in [6.45, 7) is 8.82. The lowest BCUT2D eigenvalue weighted by Crippen LogP contribution is -2.32. The zero-order chi connectivity index (χ0) is 13.7. The second-order valence-electron chi connectivity index (χ2n) is 6.23. The van der Waals surface area contributed by atoms with Crippen LogP contribution >= 0.6 is 15.9 Å². The highest BCUT2D eigenvalue weighted by Gasteiger charge is 2.67. The number of hydrazine groups is 1. The summed E-state index contributed by atoms with van der Waals surface area (Å²) in [4.78, 5) is 0. The van der Waals surface area contributed by atoms with E-state index in [1.54, 1.807) is 6.07 Å². The van der Waals surface area contributed by atoms with E-state index < -0.39 is 0 Å². The van der Waals surface area contributed by atoms with E-state index >= 15 is 0 Å². The molecule has 1 atom stereocenters. The highest BCUT2D eigenvalue weighted by atomic mass is 79.9. The lowest BCUT2D eigenvalue weighted by molar-refractivity contribution is 0.402.